The highest BCUT2D eigenvalue weighted by Crippen LogP contribution is 2.25. The molecule has 0 aliphatic rings. The van der Waals surface area contributed by atoms with E-state index in [0.717, 1.165) is 22.4 Å². The molecule has 0 unspecified atom stereocenters. The summed E-state index contributed by atoms with van der Waals surface area (Å²) < 4.78 is 5.04. The minimum absolute atomic E-state index is 0.0603. The van der Waals surface area contributed by atoms with Crippen LogP contribution in [0.2, 0.25) is 10.0 Å². The fourth-order valence-corrected chi connectivity index (χ4v) is 3.00. The third-order valence-corrected chi connectivity index (χ3v) is 4.50. The van der Waals surface area contributed by atoms with E-state index in [1.54, 1.807) is 36.9 Å². The number of nitrogens with zero attached hydrogens (tertiary/aromatic N) is 1. The molecule has 2 heterocycles. The number of carbonyl (C=O) groups excluding carboxylic acids is 1. The van der Waals surface area contributed by atoms with Crippen LogP contribution in [0.15, 0.2) is 59.5 Å². The first-order valence-electron chi connectivity index (χ1n) is 7.80. The molecule has 0 bridgehead atoms. The average molecular weight is 375 g/mol. The van der Waals surface area contributed by atoms with Crippen molar-refractivity contribution < 1.29 is 9.21 Å². The van der Waals surface area contributed by atoms with Gasteiger partial charge in [-0.1, -0.05) is 35.3 Å². The maximum Gasteiger partial charge on any atom is 0.220 e. The van der Waals surface area contributed by atoms with Crippen molar-refractivity contribution in [3.63, 3.8) is 0 Å². The smallest absolute Gasteiger partial charge is 0.220 e. The lowest BCUT2D eigenvalue weighted by molar-refractivity contribution is -0.121. The van der Waals surface area contributed by atoms with E-state index in [9.17, 15) is 4.79 Å². The van der Waals surface area contributed by atoms with E-state index in [2.05, 4.69) is 10.3 Å². The standard InChI is InChI=1S/C19H16Cl2N2O2/c20-16-2-1-3-17(21)15(16)5-7-19(24)23-11-13-4-6-18(22-10-13)14-8-9-25-12-14/h1-4,6,8-10,12H,5,7,11H2,(H,23,24). The second-order valence-corrected chi connectivity index (χ2v) is 6.36. The Balaban J connectivity index is 1.51. The van der Waals surface area contributed by atoms with Crippen molar-refractivity contribution >= 4 is 29.1 Å². The monoisotopic (exact) mass is 374 g/mol. The number of nitrogens with one attached hydrogen (secondary N) is 1. The highest BCUT2D eigenvalue weighted by molar-refractivity contribution is 6.36. The molecule has 1 amide bonds. The maximum atomic E-state index is 12.0. The number of furan rings is 1. The first kappa shape index (κ1) is 17.5. The summed E-state index contributed by atoms with van der Waals surface area (Å²) in [6.45, 7) is 0.424. The Morgan fingerprint density at radius 1 is 1.12 bits per heavy atom. The quantitative estimate of drug-likeness (QED) is 0.667. The number of amides is 1. The Bertz CT molecular complexity index is 826. The van der Waals surface area contributed by atoms with Crippen molar-refractivity contribution in [1.82, 2.24) is 10.3 Å². The fraction of sp³-hybridized carbons (Fsp3) is 0.158. The molecule has 0 aliphatic heterocycles. The summed E-state index contributed by atoms with van der Waals surface area (Å²) in [6.07, 6.45) is 5.82. The largest absolute Gasteiger partial charge is 0.472 e. The number of carbonyl (C=O) groups is 1. The van der Waals surface area contributed by atoms with Gasteiger partial charge in [-0.2, -0.15) is 0 Å². The number of benzene rings is 1. The van der Waals surface area contributed by atoms with Gasteiger partial charge in [-0.25, -0.2) is 0 Å². The molecule has 0 saturated carbocycles. The Kier molecular flexibility index (Phi) is 5.74. The van der Waals surface area contributed by atoms with Crippen LogP contribution in [0.25, 0.3) is 11.3 Å². The molecule has 0 saturated heterocycles. The van der Waals surface area contributed by atoms with Gasteiger partial charge in [0.15, 0.2) is 0 Å². The molecule has 6 heteroatoms. The van der Waals surface area contributed by atoms with Crippen LogP contribution in [0, 0.1) is 0 Å². The highest BCUT2D eigenvalue weighted by atomic mass is 35.5. The Hall–Kier alpha value is -2.30. The van der Waals surface area contributed by atoms with Crippen molar-refractivity contribution in [1.29, 1.82) is 0 Å². The zero-order valence-corrected chi connectivity index (χ0v) is 14.8. The van der Waals surface area contributed by atoms with Gasteiger partial charge in [-0.3, -0.25) is 9.78 Å². The van der Waals surface area contributed by atoms with Crippen molar-refractivity contribution in [3.05, 3.63) is 76.3 Å². The van der Waals surface area contributed by atoms with Gasteiger partial charge < -0.3 is 9.73 Å². The van der Waals surface area contributed by atoms with Gasteiger partial charge in [-0.05, 0) is 41.8 Å². The number of pyridine rings is 1. The van der Waals surface area contributed by atoms with E-state index < -0.39 is 0 Å². The summed E-state index contributed by atoms with van der Waals surface area (Å²) in [5.41, 5.74) is 3.48. The number of rotatable bonds is 6. The number of hydrogen-bond acceptors (Lipinski definition) is 3. The molecule has 0 spiro atoms. The molecule has 0 aliphatic carbocycles. The predicted octanol–water partition coefficient (Wildman–Crippen LogP) is 4.90. The zero-order chi connectivity index (χ0) is 17.6. The second-order valence-electron chi connectivity index (χ2n) is 5.54. The molecule has 1 aromatic carbocycles. The van der Waals surface area contributed by atoms with Crippen LogP contribution in [0.5, 0.6) is 0 Å². The zero-order valence-electron chi connectivity index (χ0n) is 13.3. The molecule has 25 heavy (non-hydrogen) atoms. The normalized spacial score (nSPS) is 10.6. The third kappa shape index (κ3) is 4.62. The van der Waals surface area contributed by atoms with Crippen LogP contribution >= 0.6 is 23.2 Å². The Morgan fingerprint density at radius 3 is 2.56 bits per heavy atom. The van der Waals surface area contributed by atoms with E-state index in [4.69, 9.17) is 27.6 Å². The SMILES string of the molecule is O=C(CCc1c(Cl)cccc1Cl)NCc1ccc(-c2ccoc2)nc1. The van der Waals surface area contributed by atoms with Crippen LogP contribution in [-0.2, 0) is 17.8 Å². The van der Waals surface area contributed by atoms with Crippen LogP contribution in [0.4, 0.5) is 0 Å². The van der Waals surface area contributed by atoms with Crippen LogP contribution in [0.1, 0.15) is 17.5 Å². The lowest BCUT2D eigenvalue weighted by atomic mass is 10.1. The minimum atomic E-state index is -0.0603. The van der Waals surface area contributed by atoms with E-state index in [-0.39, 0.29) is 5.91 Å². The van der Waals surface area contributed by atoms with Gasteiger partial charge in [0, 0.05) is 34.8 Å². The van der Waals surface area contributed by atoms with Crippen molar-refractivity contribution in [2.24, 2.45) is 0 Å². The summed E-state index contributed by atoms with van der Waals surface area (Å²) in [6, 6.07) is 11.0. The molecule has 3 aromatic rings. The Morgan fingerprint density at radius 2 is 1.92 bits per heavy atom. The van der Waals surface area contributed by atoms with Crippen LogP contribution < -0.4 is 5.32 Å². The average Bonchev–Trinajstić information content (AvgIpc) is 3.14. The fourth-order valence-electron chi connectivity index (χ4n) is 2.41. The van der Waals surface area contributed by atoms with Crippen molar-refractivity contribution in [3.8, 4) is 11.3 Å². The lowest BCUT2D eigenvalue weighted by Crippen LogP contribution is -2.23. The Labute approximate surface area is 155 Å². The van der Waals surface area contributed by atoms with Crippen molar-refractivity contribution in [2.45, 2.75) is 19.4 Å². The number of halogens is 2. The predicted molar refractivity (Wildman–Crippen MR) is 98.6 cm³/mol. The van der Waals surface area contributed by atoms with Crippen LogP contribution in [0.3, 0.4) is 0 Å². The topological polar surface area (TPSA) is 55.1 Å². The molecule has 3 rings (SSSR count). The summed E-state index contributed by atoms with van der Waals surface area (Å²) in [4.78, 5) is 16.4. The molecule has 0 atom stereocenters. The first-order valence-corrected chi connectivity index (χ1v) is 8.56. The van der Waals surface area contributed by atoms with E-state index >= 15 is 0 Å². The molecule has 1 N–H and O–H groups in total. The lowest BCUT2D eigenvalue weighted by Gasteiger charge is -2.08. The van der Waals surface area contributed by atoms with Gasteiger partial charge in [0.25, 0.3) is 0 Å². The van der Waals surface area contributed by atoms with Gasteiger partial charge in [-0.15, -0.1) is 0 Å². The van der Waals surface area contributed by atoms with E-state index in [0.29, 0.717) is 29.4 Å². The molecule has 0 fully saturated rings. The maximum absolute atomic E-state index is 12.0. The summed E-state index contributed by atoms with van der Waals surface area (Å²) in [5, 5.41) is 4.04. The minimum Gasteiger partial charge on any atom is -0.472 e. The number of hydrogen-bond donors (Lipinski definition) is 1. The second kappa shape index (κ2) is 8.19. The third-order valence-electron chi connectivity index (χ3n) is 3.80. The molecular formula is C19H16Cl2N2O2. The summed E-state index contributed by atoms with van der Waals surface area (Å²) >= 11 is 12.2. The molecule has 4 nitrogen and oxygen atoms in total. The molecule has 0 radical (unpaired) electrons. The molecule has 128 valence electrons. The molecule has 2 aromatic heterocycles. The van der Waals surface area contributed by atoms with Gasteiger partial charge in [0.05, 0.1) is 18.2 Å². The van der Waals surface area contributed by atoms with Crippen LogP contribution in [-0.4, -0.2) is 10.9 Å². The van der Waals surface area contributed by atoms with E-state index in [1.807, 2.05) is 18.2 Å². The highest BCUT2D eigenvalue weighted by Gasteiger charge is 2.09. The van der Waals surface area contributed by atoms with Crippen molar-refractivity contribution in [2.75, 3.05) is 0 Å². The summed E-state index contributed by atoms with van der Waals surface area (Å²) in [7, 11) is 0. The first-order chi connectivity index (χ1) is 12.1. The summed E-state index contributed by atoms with van der Waals surface area (Å²) in [5.74, 6) is -0.0603. The van der Waals surface area contributed by atoms with Gasteiger partial charge in [0.1, 0.15) is 0 Å². The van der Waals surface area contributed by atoms with Gasteiger partial charge >= 0.3 is 0 Å². The molecular weight excluding hydrogens is 359 g/mol. The van der Waals surface area contributed by atoms with Gasteiger partial charge in [0.2, 0.25) is 5.91 Å². The van der Waals surface area contributed by atoms with E-state index in [1.165, 1.54) is 0 Å². The number of aromatic nitrogens is 1.